The molecule has 0 fully saturated rings. The lowest BCUT2D eigenvalue weighted by Crippen LogP contribution is -1.96. The molecular formula is C14H16N2O2. The minimum absolute atomic E-state index is 0.619. The first-order valence-corrected chi connectivity index (χ1v) is 5.95. The Morgan fingerprint density at radius 2 is 2.06 bits per heavy atom. The number of benzene rings is 1. The lowest BCUT2D eigenvalue weighted by molar-refractivity contribution is 0.112. The summed E-state index contributed by atoms with van der Waals surface area (Å²) in [6, 6.07) is 7.54. The van der Waals surface area contributed by atoms with Gasteiger partial charge in [-0.1, -0.05) is 6.92 Å². The molecule has 0 saturated carbocycles. The number of nitrogens with zero attached hydrogens (tertiary/aromatic N) is 2. The molecule has 2 rings (SSSR count). The highest BCUT2D eigenvalue weighted by molar-refractivity contribution is 5.85. The Hall–Kier alpha value is -2.10. The van der Waals surface area contributed by atoms with E-state index in [1.165, 1.54) is 0 Å². The molecule has 0 atom stereocenters. The summed E-state index contributed by atoms with van der Waals surface area (Å²) in [7, 11) is 1.63. The van der Waals surface area contributed by atoms with E-state index in [9.17, 15) is 4.79 Å². The molecule has 1 aromatic carbocycles. The normalized spacial score (nSPS) is 10.3. The van der Waals surface area contributed by atoms with Crippen molar-refractivity contribution in [1.29, 1.82) is 0 Å². The van der Waals surface area contributed by atoms with Crippen LogP contribution in [-0.2, 0) is 6.54 Å². The lowest BCUT2D eigenvalue weighted by Gasteiger charge is -2.01. The smallest absolute Gasteiger partial charge is 0.153 e. The molecular weight excluding hydrogens is 228 g/mol. The summed E-state index contributed by atoms with van der Waals surface area (Å²) < 4.78 is 6.92. The van der Waals surface area contributed by atoms with E-state index in [-0.39, 0.29) is 0 Å². The molecule has 4 heteroatoms. The molecule has 1 heterocycles. The zero-order valence-electron chi connectivity index (χ0n) is 10.6. The maximum Gasteiger partial charge on any atom is 0.153 e. The number of hydrogen-bond donors (Lipinski definition) is 0. The van der Waals surface area contributed by atoms with Crippen LogP contribution in [-0.4, -0.2) is 23.2 Å². The Balaban J connectivity index is 2.38. The number of hydrogen-bond acceptors (Lipinski definition) is 3. The summed E-state index contributed by atoms with van der Waals surface area (Å²) in [5.41, 5.74) is 2.27. The molecule has 94 valence electrons. The molecule has 0 spiro atoms. The quantitative estimate of drug-likeness (QED) is 0.760. The van der Waals surface area contributed by atoms with Crippen molar-refractivity contribution in [2.45, 2.75) is 19.9 Å². The van der Waals surface area contributed by atoms with Crippen LogP contribution in [0.4, 0.5) is 0 Å². The highest BCUT2D eigenvalue weighted by Crippen LogP contribution is 2.23. The molecule has 0 N–H and O–H groups in total. The Morgan fingerprint density at radius 3 is 2.61 bits per heavy atom. The predicted molar refractivity (Wildman–Crippen MR) is 69.9 cm³/mol. The molecule has 0 aliphatic rings. The van der Waals surface area contributed by atoms with Gasteiger partial charge in [-0.2, -0.15) is 5.10 Å². The average molecular weight is 244 g/mol. The van der Waals surface area contributed by atoms with Crippen molar-refractivity contribution in [2.75, 3.05) is 7.11 Å². The SMILES string of the molecule is CCCn1cc(C=O)c(-c2ccc(OC)cc2)n1. The van der Waals surface area contributed by atoms with Crippen molar-refractivity contribution in [2.24, 2.45) is 0 Å². The second-order valence-electron chi connectivity index (χ2n) is 4.04. The van der Waals surface area contributed by atoms with Gasteiger partial charge < -0.3 is 4.74 Å². The highest BCUT2D eigenvalue weighted by Gasteiger charge is 2.10. The van der Waals surface area contributed by atoms with E-state index in [0.29, 0.717) is 5.56 Å². The molecule has 0 radical (unpaired) electrons. The summed E-state index contributed by atoms with van der Waals surface area (Å²) in [5, 5.41) is 4.44. The van der Waals surface area contributed by atoms with Crippen molar-refractivity contribution >= 4 is 6.29 Å². The molecule has 0 amide bonds. The number of carbonyl (C=O) groups excluding carboxylic acids is 1. The third-order valence-electron chi connectivity index (χ3n) is 2.73. The molecule has 18 heavy (non-hydrogen) atoms. The predicted octanol–water partition coefficient (Wildman–Crippen LogP) is 2.78. The van der Waals surface area contributed by atoms with Crippen LogP contribution in [0.5, 0.6) is 5.75 Å². The summed E-state index contributed by atoms with van der Waals surface area (Å²) in [6.07, 6.45) is 3.62. The molecule has 0 aliphatic heterocycles. The fourth-order valence-corrected chi connectivity index (χ4v) is 1.84. The van der Waals surface area contributed by atoms with Gasteiger partial charge in [0, 0.05) is 18.3 Å². The monoisotopic (exact) mass is 244 g/mol. The Labute approximate surface area is 106 Å². The number of methoxy groups -OCH3 is 1. The zero-order chi connectivity index (χ0) is 13.0. The number of ether oxygens (including phenoxy) is 1. The fraction of sp³-hybridized carbons (Fsp3) is 0.286. The van der Waals surface area contributed by atoms with E-state index in [1.54, 1.807) is 13.3 Å². The number of carbonyl (C=O) groups is 1. The van der Waals surface area contributed by atoms with Crippen LogP contribution in [0.2, 0.25) is 0 Å². The van der Waals surface area contributed by atoms with Gasteiger partial charge in [-0.3, -0.25) is 9.48 Å². The van der Waals surface area contributed by atoms with Crippen LogP contribution in [0.25, 0.3) is 11.3 Å². The number of rotatable bonds is 5. The number of aryl methyl sites for hydroxylation is 1. The molecule has 1 aromatic heterocycles. The maximum absolute atomic E-state index is 11.1. The summed E-state index contributed by atoms with van der Waals surface area (Å²) >= 11 is 0. The van der Waals surface area contributed by atoms with Gasteiger partial charge in [-0.25, -0.2) is 0 Å². The standard InChI is InChI=1S/C14H16N2O2/c1-3-8-16-9-12(10-17)14(15-16)11-4-6-13(18-2)7-5-11/h4-7,9-10H,3,8H2,1-2H3. The molecule has 0 bridgehead atoms. The van der Waals surface area contributed by atoms with Gasteiger partial charge in [0.2, 0.25) is 0 Å². The first kappa shape index (κ1) is 12.4. The van der Waals surface area contributed by atoms with E-state index in [1.807, 2.05) is 28.9 Å². The third kappa shape index (κ3) is 2.42. The second kappa shape index (κ2) is 5.49. The van der Waals surface area contributed by atoms with Crippen molar-refractivity contribution in [3.63, 3.8) is 0 Å². The van der Waals surface area contributed by atoms with Crippen LogP contribution >= 0.6 is 0 Å². The van der Waals surface area contributed by atoms with Gasteiger partial charge >= 0.3 is 0 Å². The summed E-state index contributed by atoms with van der Waals surface area (Å²) in [6.45, 7) is 2.90. The number of aldehydes is 1. The fourth-order valence-electron chi connectivity index (χ4n) is 1.84. The van der Waals surface area contributed by atoms with E-state index in [2.05, 4.69) is 12.0 Å². The van der Waals surface area contributed by atoms with Crippen LogP contribution in [0.3, 0.4) is 0 Å². The van der Waals surface area contributed by atoms with E-state index in [4.69, 9.17) is 4.74 Å². The van der Waals surface area contributed by atoms with Crippen molar-refractivity contribution in [3.8, 4) is 17.0 Å². The first-order chi connectivity index (χ1) is 8.78. The van der Waals surface area contributed by atoms with Gasteiger partial charge in [-0.15, -0.1) is 0 Å². The van der Waals surface area contributed by atoms with E-state index in [0.717, 1.165) is 36.3 Å². The second-order valence-corrected chi connectivity index (χ2v) is 4.04. The highest BCUT2D eigenvalue weighted by atomic mass is 16.5. The summed E-state index contributed by atoms with van der Waals surface area (Å²) in [5.74, 6) is 0.791. The Morgan fingerprint density at radius 1 is 1.33 bits per heavy atom. The molecule has 2 aromatic rings. The molecule has 0 saturated heterocycles. The van der Waals surface area contributed by atoms with E-state index < -0.39 is 0 Å². The van der Waals surface area contributed by atoms with Crippen LogP contribution in [0.15, 0.2) is 30.5 Å². The largest absolute Gasteiger partial charge is 0.497 e. The van der Waals surface area contributed by atoms with Crippen molar-refractivity contribution in [3.05, 3.63) is 36.0 Å². The van der Waals surface area contributed by atoms with Crippen LogP contribution in [0.1, 0.15) is 23.7 Å². The lowest BCUT2D eigenvalue weighted by atomic mass is 10.1. The zero-order valence-corrected chi connectivity index (χ0v) is 10.6. The van der Waals surface area contributed by atoms with Crippen LogP contribution in [0, 0.1) is 0 Å². The molecule has 4 nitrogen and oxygen atoms in total. The minimum Gasteiger partial charge on any atom is -0.497 e. The molecule has 0 aliphatic carbocycles. The van der Waals surface area contributed by atoms with Crippen molar-refractivity contribution in [1.82, 2.24) is 9.78 Å². The topological polar surface area (TPSA) is 44.1 Å². The van der Waals surface area contributed by atoms with Gasteiger partial charge in [-0.05, 0) is 30.7 Å². The van der Waals surface area contributed by atoms with Gasteiger partial charge in [0.1, 0.15) is 11.4 Å². The van der Waals surface area contributed by atoms with E-state index >= 15 is 0 Å². The Bertz CT molecular complexity index is 529. The van der Waals surface area contributed by atoms with Gasteiger partial charge in [0.25, 0.3) is 0 Å². The number of aromatic nitrogens is 2. The minimum atomic E-state index is 0.619. The average Bonchev–Trinajstić information content (AvgIpc) is 2.82. The van der Waals surface area contributed by atoms with Crippen LogP contribution < -0.4 is 4.74 Å². The van der Waals surface area contributed by atoms with Crippen molar-refractivity contribution < 1.29 is 9.53 Å². The molecule has 0 unspecified atom stereocenters. The third-order valence-corrected chi connectivity index (χ3v) is 2.73. The van der Waals surface area contributed by atoms with Gasteiger partial charge in [0.05, 0.1) is 12.7 Å². The Kier molecular flexibility index (Phi) is 3.77. The summed E-state index contributed by atoms with van der Waals surface area (Å²) in [4.78, 5) is 11.1. The van der Waals surface area contributed by atoms with Gasteiger partial charge in [0.15, 0.2) is 6.29 Å². The maximum atomic E-state index is 11.1. The first-order valence-electron chi connectivity index (χ1n) is 5.95.